The standard InChI is InChI=1S/C4H5F3O2S/c1-2-9-10-3(8)4(5,6)7/h2H2,1H3. The van der Waals surface area contributed by atoms with E-state index in [0.29, 0.717) is 0 Å². The van der Waals surface area contributed by atoms with Gasteiger partial charge in [-0.1, -0.05) is 0 Å². The van der Waals surface area contributed by atoms with Crippen LogP contribution in [0.3, 0.4) is 0 Å². The molecule has 0 saturated carbocycles. The summed E-state index contributed by atoms with van der Waals surface area (Å²) in [5.41, 5.74) is 0. The van der Waals surface area contributed by atoms with Gasteiger partial charge in [0.25, 0.3) is 0 Å². The van der Waals surface area contributed by atoms with Gasteiger partial charge < -0.3 is 4.18 Å². The smallest absolute Gasteiger partial charge is 0.308 e. The largest absolute Gasteiger partial charge is 0.463 e. The normalized spacial score (nSPS) is 11.6. The van der Waals surface area contributed by atoms with Gasteiger partial charge in [-0.15, -0.1) is 0 Å². The minimum atomic E-state index is -4.79. The van der Waals surface area contributed by atoms with Crippen molar-refractivity contribution in [1.29, 1.82) is 0 Å². The van der Waals surface area contributed by atoms with Gasteiger partial charge in [-0.2, -0.15) is 13.2 Å². The lowest BCUT2D eigenvalue weighted by Crippen LogP contribution is -2.19. The van der Waals surface area contributed by atoms with E-state index in [2.05, 4.69) is 4.18 Å². The Hall–Kier alpha value is -0.230. The zero-order chi connectivity index (χ0) is 8.20. The third kappa shape index (κ3) is 3.73. The Bertz CT molecular complexity index is 122. The number of carbonyl (C=O) groups is 1. The van der Waals surface area contributed by atoms with Crippen molar-refractivity contribution in [2.45, 2.75) is 13.1 Å². The van der Waals surface area contributed by atoms with Crippen molar-refractivity contribution in [2.75, 3.05) is 6.61 Å². The van der Waals surface area contributed by atoms with Crippen LogP contribution in [0.15, 0.2) is 0 Å². The molecule has 60 valence electrons. The molecule has 0 rings (SSSR count). The van der Waals surface area contributed by atoms with Gasteiger partial charge in [0.05, 0.1) is 18.6 Å². The number of hydrogen-bond acceptors (Lipinski definition) is 3. The number of carbonyl (C=O) groups excluding carboxylic acids is 1. The van der Waals surface area contributed by atoms with Crippen LogP contribution >= 0.6 is 12.0 Å². The molecule has 0 aliphatic heterocycles. The molecule has 0 spiro atoms. The molecule has 0 atom stereocenters. The minimum absolute atomic E-state index is 0.0759. The first-order chi connectivity index (χ1) is 4.48. The molecule has 0 aliphatic rings. The van der Waals surface area contributed by atoms with Crippen molar-refractivity contribution in [2.24, 2.45) is 0 Å². The van der Waals surface area contributed by atoms with E-state index in [0.717, 1.165) is 0 Å². The lowest BCUT2D eigenvalue weighted by Gasteiger charge is -2.01. The summed E-state index contributed by atoms with van der Waals surface area (Å²) in [6, 6.07) is 0. The topological polar surface area (TPSA) is 26.3 Å². The molecule has 0 amide bonds. The van der Waals surface area contributed by atoms with E-state index in [9.17, 15) is 18.0 Å². The summed E-state index contributed by atoms with van der Waals surface area (Å²) in [6.07, 6.45) is -4.79. The summed E-state index contributed by atoms with van der Waals surface area (Å²) in [4.78, 5) is 9.94. The molecule has 0 aromatic heterocycles. The molecule has 10 heavy (non-hydrogen) atoms. The Kier molecular flexibility index (Phi) is 3.73. The van der Waals surface area contributed by atoms with Crippen molar-refractivity contribution in [3.63, 3.8) is 0 Å². The molecule has 0 heterocycles. The van der Waals surface area contributed by atoms with E-state index >= 15 is 0 Å². The zero-order valence-corrected chi connectivity index (χ0v) is 5.88. The van der Waals surface area contributed by atoms with Crippen LogP contribution in [-0.4, -0.2) is 17.9 Å². The number of alkyl halides is 3. The lowest BCUT2D eigenvalue weighted by atomic mass is 10.8. The van der Waals surface area contributed by atoms with Crippen molar-refractivity contribution in [1.82, 2.24) is 0 Å². The van der Waals surface area contributed by atoms with Gasteiger partial charge in [0.15, 0.2) is 0 Å². The SMILES string of the molecule is CCOSC(=O)C(F)(F)F. The van der Waals surface area contributed by atoms with Gasteiger partial charge in [-0.3, -0.25) is 4.79 Å². The van der Waals surface area contributed by atoms with E-state index in [-0.39, 0.29) is 18.6 Å². The first-order valence-corrected chi connectivity index (χ1v) is 3.13. The van der Waals surface area contributed by atoms with Gasteiger partial charge in [0.2, 0.25) is 0 Å². The first kappa shape index (κ1) is 9.77. The van der Waals surface area contributed by atoms with Gasteiger partial charge in [-0.05, 0) is 6.92 Å². The van der Waals surface area contributed by atoms with Crippen molar-refractivity contribution < 1.29 is 22.1 Å². The average Bonchev–Trinajstić information content (AvgIpc) is 1.80. The molecule has 2 nitrogen and oxygen atoms in total. The molecule has 6 heteroatoms. The molecule has 0 unspecified atom stereocenters. The average molecular weight is 174 g/mol. The second-order valence-corrected chi connectivity index (χ2v) is 2.05. The predicted molar refractivity (Wildman–Crippen MR) is 30.3 cm³/mol. The summed E-state index contributed by atoms with van der Waals surface area (Å²) in [6.45, 7) is 1.57. The maximum Gasteiger partial charge on any atom is 0.463 e. The monoisotopic (exact) mass is 174 g/mol. The van der Waals surface area contributed by atoms with E-state index in [1.54, 1.807) is 0 Å². The molecule has 0 saturated heterocycles. The predicted octanol–water partition coefficient (Wildman–Crippen LogP) is 1.76. The molecular formula is C4H5F3O2S. The van der Waals surface area contributed by atoms with E-state index in [4.69, 9.17) is 0 Å². The van der Waals surface area contributed by atoms with Crippen LogP contribution in [0.1, 0.15) is 6.92 Å². The van der Waals surface area contributed by atoms with Gasteiger partial charge >= 0.3 is 11.3 Å². The second-order valence-electron chi connectivity index (χ2n) is 1.28. The highest BCUT2D eigenvalue weighted by atomic mass is 32.2. The first-order valence-electron chi connectivity index (χ1n) is 2.39. The summed E-state index contributed by atoms with van der Waals surface area (Å²) in [5.74, 6) is 0. The fourth-order valence-corrected chi connectivity index (χ4v) is 0.479. The molecule has 0 aromatic carbocycles. The molecular weight excluding hydrogens is 169 g/mol. The summed E-state index contributed by atoms with van der Waals surface area (Å²) in [7, 11) is 0. The summed E-state index contributed by atoms with van der Waals surface area (Å²) < 4.78 is 38.1. The van der Waals surface area contributed by atoms with Crippen LogP contribution in [0.2, 0.25) is 0 Å². The molecule has 0 N–H and O–H groups in total. The molecule has 0 aliphatic carbocycles. The van der Waals surface area contributed by atoms with Crippen LogP contribution in [0.25, 0.3) is 0 Å². The van der Waals surface area contributed by atoms with Crippen LogP contribution in [-0.2, 0) is 8.98 Å². The maximum atomic E-state index is 11.3. The van der Waals surface area contributed by atoms with Gasteiger partial charge in [-0.25, -0.2) is 0 Å². The highest BCUT2D eigenvalue weighted by molar-refractivity contribution is 8.09. The number of hydrogen-bond donors (Lipinski definition) is 0. The fraction of sp³-hybridized carbons (Fsp3) is 0.750. The zero-order valence-electron chi connectivity index (χ0n) is 5.07. The third-order valence-electron chi connectivity index (χ3n) is 0.484. The van der Waals surface area contributed by atoms with E-state index in [1.807, 2.05) is 0 Å². The Morgan fingerprint density at radius 2 is 2.10 bits per heavy atom. The van der Waals surface area contributed by atoms with Crippen molar-refractivity contribution in [3.05, 3.63) is 0 Å². The highest BCUT2D eigenvalue weighted by Gasteiger charge is 2.39. The van der Waals surface area contributed by atoms with Gasteiger partial charge in [0.1, 0.15) is 0 Å². The summed E-state index contributed by atoms with van der Waals surface area (Å²) in [5, 5.41) is -1.92. The van der Waals surface area contributed by atoms with Gasteiger partial charge in [0, 0.05) is 0 Å². The molecule has 0 bridgehead atoms. The number of rotatable bonds is 2. The lowest BCUT2D eigenvalue weighted by molar-refractivity contribution is -0.160. The fourth-order valence-electron chi connectivity index (χ4n) is 0.160. The Labute approximate surface area is 59.9 Å². The second kappa shape index (κ2) is 3.82. The quantitative estimate of drug-likeness (QED) is 0.596. The van der Waals surface area contributed by atoms with E-state index < -0.39 is 11.3 Å². The third-order valence-corrected chi connectivity index (χ3v) is 1.22. The highest BCUT2D eigenvalue weighted by Crippen LogP contribution is 2.23. The van der Waals surface area contributed by atoms with Crippen LogP contribution < -0.4 is 0 Å². The van der Waals surface area contributed by atoms with Crippen molar-refractivity contribution >= 4 is 17.2 Å². The Balaban J connectivity index is 3.64. The molecule has 0 fully saturated rings. The van der Waals surface area contributed by atoms with Crippen LogP contribution in [0.5, 0.6) is 0 Å². The van der Waals surface area contributed by atoms with E-state index in [1.165, 1.54) is 6.92 Å². The Morgan fingerprint density at radius 3 is 2.40 bits per heavy atom. The van der Waals surface area contributed by atoms with Crippen LogP contribution in [0, 0.1) is 0 Å². The van der Waals surface area contributed by atoms with Crippen LogP contribution in [0.4, 0.5) is 13.2 Å². The summed E-state index contributed by atoms with van der Waals surface area (Å²) >= 11 is -0.181. The number of halogens is 3. The maximum absolute atomic E-state index is 11.3. The molecule has 0 aromatic rings. The minimum Gasteiger partial charge on any atom is -0.308 e. The molecule has 0 radical (unpaired) electrons. The Morgan fingerprint density at radius 1 is 1.60 bits per heavy atom. The van der Waals surface area contributed by atoms with Crippen molar-refractivity contribution in [3.8, 4) is 0 Å².